The molecule has 0 radical (unpaired) electrons. The third-order valence-corrected chi connectivity index (χ3v) is 2.48. The van der Waals surface area contributed by atoms with Gasteiger partial charge in [-0.25, -0.2) is 0 Å². The van der Waals surface area contributed by atoms with Gasteiger partial charge in [-0.15, -0.1) is 11.8 Å². The van der Waals surface area contributed by atoms with E-state index < -0.39 is 0 Å². The van der Waals surface area contributed by atoms with E-state index in [9.17, 15) is 0 Å². The van der Waals surface area contributed by atoms with Crippen LogP contribution in [0.2, 0.25) is 0 Å². The second-order valence-electron chi connectivity index (χ2n) is 2.32. The SMILES string of the molecule is CNCSc1ccc(OC)cc1. The third-order valence-electron chi connectivity index (χ3n) is 1.44. The van der Waals surface area contributed by atoms with Crippen LogP contribution in [0.25, 0.3) is 0 Å². The van der Waals surface area contributed by atoms with Crippen molar-refractivity contribution in [2.75, 3.05) is 20.0 Å². The van der Waals surface area contributed by atoms with Crippen LogP contribution in [-0.4, -0.2) is 20.0 Å². The average molecular weight is 183 g/mol. The van der Waals surface area contributed by atoms with Crippen molar-refractivity contribution < 1.29 is 4.74 Å². The third kappa shape index (κ3) is 2.75. The van der Waals surface area contributed by atoms with Crippen LogP contribution in [0, 0.1) is 0 Å². The second kappa shape index (κ2) is 5.06. The number of nitrogens with one attached hydrogen (secondary N) is 1. The van der Waals surface area contributed by atoms with Gasteiger partial charge in [-0.05, 0) is 31.3 Å². The number of hydrogen-bond donors (Lipinski definition) is 1. The largest absolute Gasteiger partial charge is 0.497 e. The van der Waals surface area contributed by atoms with E-state index in [2.05, 4.69) is 17.4 Å². The standard InChI is InChI=1S/C9H13NOS/c1-10-7-12-9-5-3-8(11-2)4-6-9/h3-6,10H,7H2,1-2H3. The Morgan fingerprint density at radius 3 is 2.50 bits per heavy atom. The first-order valence-corrected chi connectivity index (χ1v) is 4.77. The molecule has 0 saturated heterocycles. The van der Waals surface area contributed by atoms with E-state index in [1.807, 2.05) is 19.2 Å². The van der Waals surface area contributed by atoms with Gasteiger partial charge in [-0.1, -0.05) is 0 Å². The molecule has 0 fully saturated rings. The van der Waals surface area contributed by atoms with Crippen molar-refractivity contribution in [2.24, 2.45) is 0 Å². The Morgan fingerprint density at radius 1 is 1.33 bits per heavy atom. The highest BCUT2D eigenvalue weighted by atomic mass is 32.2. The molecule has 3 heteroatoms. The normalized spacial score (nSPS) is 9.83. The van der Waals surface area contributed by atoms with Gasteiger partial charge in [-0.2, -0.15) is 0 Å². The van der Waals surface area contributed by atoms with E-state index in [0.717, 1.165) is 11.6 Å². The summed E-state index contributed by atoms with van der Waals surface area (Å²) >= 11 is 1.77. The molecule has 0 atom stereocenters. The van der Waals surface area contributed by atoms with E-state index in [1.165, 1.54) is 4.90 Å². The number of thioether (sulfide) groups is 1. The zero-order valence-corrected chi connectivity index (χ0v) is 8.15. The minimum atomic E-state index is 0.906. The number of hydrogen-bond acceptors (Lipinski definition) is 3. The smallest absolute Gasteiger partial charge is 0.118 e. The molecular formula is C9H13NOS. The molecule has 12 heavy (non-hydrogen) atoms. The van der Waals surface area contributed by atoms with Crippen LogP contribution in [-0.2, 0) is 0 Å². The van der Waals surface area contributed by atoms with Crippen molar-refractivity contribution in [3.63, 3.8) is 0 Å². The van der Waals surface area contributed by atoms with Crippen LogP contribution in [0.15, 0.2) is 29.2 Å². The number of ether oxygens (including phenoxy) is 1. The molecule has 1 rings (SSSR count). The second-order valence-corrected chi connectivity index (χ2v) is 3.37. The predicted molar refractivity (Wildman–Crippen MR) is 52.8 cm³/mol. The van der Waals surface area contributed by atoms with Crippen molar-refractivity contribution in [3.8, 4) is 5.75 Å². The Balaban J connectivity index is 2.53. The van der Waals surface area contributed by atoms with Crippen LogP contribution in [0.4, 0.5) is 0 Å². The first-order valence-electron chi connectivity index (χ1n) is 3.78. The summed E-state index contributed by atoms with van der Waals surface area (Å²) in [5, 5.41) is 3.08. The summed E-state index contributed by atoms with van der Waals surface area (Å²) in [5.41, 5.74) is 0. The first kappa shape index (κ1) is 9.42. The number of rotatable bonds is 4. The fourth-order valence-corrected chi connectivity index (χ4v) is 1.47. The molecule has 66 valence electrons. The van der Waals surface area contributed by atoms with Gasteiger partial charge < -0.3 is 10.1 Å². The summed E-state index contributed by atoms with van der Waals surface area (Å²) in [6.45, 7) is 0. The minimum absolute atomic E-state index is 0.906. The molecule has 0 saturated carbocycles. The van der Waals surface area contributed by atoms with Gasteiger partial charge in [0.2, 0.25) is 0 Å². The molecule has 0 aliphatic rings. The maximum absolute atomic E-state index is 5.05. The maximum atomic E-state index is 5.05. The molecular weight excluding hydrogens is 170 g/mol. The summed E-state index contributed by atoms with van der Waals surface area (Å²) in [7, 11) is 3.62. The highest BCUT2D eigenvalue weighted by Gasteiger charge is 1.92. The van der Waals surface area contributed by atoms with E-state index >= 15 is 0 Å². The fourth-order valence-electron chi connectivity index (χ4n) is 0.827. The van der Waals surface area contributed by atoms with Crippen LogP contribution >= 0.6 is 11.8 Å². The van der Waals surface area contributed by atoms with Gasteiger partial charge in [0.25, 0.3) is 0 Å². The average Bonchev–Trinajstić information content (AvgIpc) is 2.15. The topological polar surface area (TPSA) is 21.3 Å². The van der Waals surface area contributed by atoms with Crippen molar-refractivity contribution in [2.45, 2.75) is 4.90 Å². The summed E-state index contributed by atoms with van der Waals surface area (Å²) in [6, 6.07) is 8.05. The summed E-state index contributed by atoms with van der Waals surface area (Å²) in [6.07, 6.45) is 0. The Kier molecular flexibility index (Phi) is 3.97. The molecule has 0 amide bonds. The lowest BCUT2D eigenvalue weighted by Crippen LogP contribution is -2.02. The lowest BCUT2D eigenvalue weighted by Gasteiger charge is -2.02. The summed E-state index contributed by atoms with van der Waals surface area (Å²) < 4.78 is 5.05. The number of benzene rings is 1. The van der Waals surface area contributed by atoms with Crippen LogP contribution in [0.3, 0.4) is 0 Å². The molecule has 2 nitrogen and oxygen atoms in total. The van der Waals surface area contributed by atoms with Gasteiger partial charge in [0, 0.05) is 10.8 Å². The van der Waals surface area contributed by atoms with Crippen molar-refractivity contribution in [1.82, 2.24) is 5.32 Å². The Bertz CT molecular complexity index is 222. The molecule has 0 spiro atoms. The molecule has 0 unspecified atom stereocenters. The lowest BCUT2D eigenvalue weighted by atomic mass is 10.3. The highest BCUT2D eigenvalue weighted by Crippen LogP contribution is 2.19. The van der Waals surface area contributed by atoms with E-state index in [1.54, 1.807) is 18.9 Å². The van der Waals surface area contributed by atoms with E-state index in [0.29, 0.717) is 0 Å². The fraction of sp³-hybridized carbons (Fsp3) is 0.333. The molecule has 0 aromatic heterocycles. The van der Waals surface area contributed by atoms with E-state index in [4.69, 9.17) is 4.74 Å². The van der Waals surface area contributed by atoms with Crippen molar-refractivity contribution in [1.29, 1.82) is 0 Å². The van der Waals surface area contributed by atoms with Crippen LogP contribution < -0.4 is 10.1 Å². The Labute approximate surface area is 77.3 Å². The van der Waals surface area contributed by atoms with Crippen molar-refractivity contribution >= 4 is 11.8 Å². The molecule has 0 heterocycles. The molecule has 0 bridgehead atoms. The quantitative estimate of drug-likeness (QED) is 0.569. The van der Waals surface area contributed by atoms with Gasteiger partial charge >= 0.3 is 0 Å². The molecule has 1 aromatic carbocycles. The zero-order chi connectivity index (χ0) is 8.81. The van der Waals surface area contributed by atoms with Gasteiger partial charge in [-0.3, -0.25) is 0 Å². The van der Waals surface area contributed by atoms with Crippen molar-refractivity contribution in [3.05, 3.63) is 24.3 Å². The van der Waals surface area contributed by atoms with Gasteiger partial charge in [0.05, 0.1) is 7.11 Å². The predicted octanol–water partition coefficient (Wildman–Crippen LogP) is 1.96. The monoisotopic (exact) mass is 183 g/mol. The lowest BCUT2D eigenvalue weighted by molar-refractivity contribution is 0.414. The molecule has 0 aliphatic carbocycles. The summed E-state index contributed by atoms with van der Waals surface area (Å²) in [5.74, 6) is 1.84. The van der Waals surface area contributed by atoms with Gasteiger partial charge in [0.1, 0.15) is 5.75 Å². The van der Waals surface area contributed by atoms with Crippen LogP contribution in [0.5, 0.6) is 5.75 Å². The Hall–Kier alpha value is -0.670. The minimum Gasteiger partial charge on any atom is -0.497 e. The van der Waals surface area contributed by atoms with Crippen LogP contribution in [0.1, 0.15) is 0 Å². The molecule has 1 aromatic rings. The first-order chi connectivity index (χ1) is 5.86. The molecule has 1 N–H and O–H groups in total. The molecule has 0 aliphatic heterocycles. The van der Waals surface area contributed by atoms with E-state index in [-0.39, 0.29) is 0 Å². The summed E-state index contributed by atoms with van der Waals surface area (Å²) in [4.78, 5) is 1.25. The Morgan fingerprint density at radius 2 is 2.00 bits per heavy atom. The zero-order valence-electron chi connectivity index (χ0n) is 7.33. The highest BCUT2D eigenvalue weighted by molar-refractivity contribution is 7.99. The number of methoxy groups -OCH3 is 1. The maximum Gasteiger partial charge on any atom is 0.118 e. The van der Waals surface area contributed by atoms with Gasteiger partial charge in [0.15, 0.2) is 0 Å².